The van der Waals surface area contributed by atoms with Crippen molar-refractivity contribution in [3.8, 4) is 5.75 Å². The monoisotopic (exact) mass is 327 g/mol. The highest BCUT2D eigenvalue weighted by molar-refractivity contribution is 5.91. The van der Waals surface area contributed by atoms with E-state index in [-0.39, 0.29) is 5.91 Å². The van der Waals surface area contributed by atoms with Crippen LogP contribution in [0.4, 0.5) is 0 Å². The van der Waals surface area contributed by atoms with Crippen molar-refractivity contribution in [2.45, 2.75) is 38.2 Å². The summed E-state index contributed by atoms with van der Waals surface area (Å²) >= 11 is 0. The number of carbonyl (C=O) groups is 1. The number of rotatable bonds is 6. The molecule has 1 aliphatic carbocycles. The number of hydrogen-bond donors (Lipinski definition) is 2. The molecule has 1 amide bonds. The number of aliphatic hydroxyl groups is 1. The van der Waals surface area contributed by atoms with Crippen LogP contribution in [0.15, 0.2) is 36.4 Å². The summed E-state index contributed by atoms with van der Waals surface area (Å²) in [6, 6.07) is 11.8. The zero-order chi connectivity index (χ0) is 16.9. The fourth-order valence-electron chi connectivity index (χ4n) is 3.56. The molecule has 1 fully saturated rings. The van der Waals surface area contributed by atoms with Crippen LogP contribution in [0.25, 0.3) is 10.8 Å². The van der Waals surface area contributed by atoms with E-state index in [0.717, 1.165) is 34.9 Å². The molecule has 3 rings (SSSR count). The van der Waals surface area contributed by atoms with Crippen LogP contribution < -0.4 is 10.1 Å². The molecule has 0 radical (unpaired) electrons. The molecule has 0 aliphatic heterocycles. The van der Waals surface area contributed by atoms with Gasteiger partial charge in [0.05, 0.1) is 19.6 Å². The van der Waals surface area contributed by atoms with E-state index in [2.05, 4.69) is 5.32 Å². The largest absolute Gasteiger partial charge is 0.497 e. The number of nitrogens with one attached hydrogen (secondary N) is 1. The Bertz CT molecular complexity index is 707. The average molecular weight is 327 g/mol. The number of fused-ring (bicyclic) bond motifs is 1. The highest BCUT2D eigenvalue weighted by Gasteiger charge is 2.23. The molecular formula is C20H25NO3. The minimum Gasteiger partial charge on any atom is -0.497 e. The van der Waals surface area contributed by atoms with Gasteiger partial charge in [0, 0.05) is 6.54 Å². The molecule has 4 nitrogen and oxygen atoms in total. The lowest BCUT2D eigenvalue weighted by atomic mass is 10.00. The molecule has 0 spiro atoms. The molecule has 1 saturated carbocycles. The number of benzene rings is 2. The number of aliphatic hydroxyl groups excluding tert-OH is 1. The van der Waals surface area contributed by atoms with Gasteiger partial charge in [0.1, 0.15) is 5.75 Å². The molecule has 0 heterocycles. The summed E-state index contributed by atoms with van der Waals surface area (Å²) in [7, 11) is 1.64. The first-order valence-electron chi connectivity index (χ1n) is 8.68. The van der Waals surface area contributed by atoms with Gasteiger partial charge in [0.2, 0.25) is 5.91 Å². The van der Waals surface area contributed by atoms with Gasteiger partial charge >= 0.3 is 0 Å². The molecule has 2 N–H and O–H groups in total. The van der Waals surface area contributed by atoms with Gasteiger partial charge in [-0.3, -0.25) is 4.79 Å². The molecule has 128 valence electrons. The number of amides is 1. The minimum atomic E-state index is -0.427. The molecule has 2 aromatic carbocycles. The van der Waals surface area contributed by atoms with Crippen LogP contribution in [-0.2, 0) is 11.2 Å². The van der Waals surface area contributed by atoms with E-state index >= 15 is 0 Å². The molecule has 1 aliphatic rings. The zero-order valence-corrected chi connectivity index (χ0v) is 14.1. The van der Waals surface area contributed by atoms with Crippen molar-refractivity contribution in [2.75, 3.05) is 13.7 Å². The van der Waals surface area contributed by atoms with Crippen molar-refractivity contribution < 1.29 is 14.6 Å². The number of hydrogen-bond acceptors (Lipinski definition) is 3. The number of carbonyl (C=O) groups excluding carboxylic acids is 1. The lowest BCUT2D eigenvalue weighted by Crippen LogP contribution is -2.36. The second-order valence-electron chi connectivity index (χ2n) is 6.60. The first kappa shape index (κ1) is 16.8. The molecule has 2 aromatic rings. The molecule has 4 heteroatoms. The Labute approximate surface area is 142 Å². The fourth-order valence-corrected chi connectivity index (χ4v) is 3.56. The van der Waals surface area contributed by atoms with Crippen LogP contribution in [0.3, 0.4) is 0 Å². The predicted octanol–water partition coefficient (Wildman–Crippen LogP) is 3.06. The molecule has 0 bridgehead atoms. The smallest absolute Gasteiger partial charge is 0.224 e. The van der Waals surface area contributed by atoms with Gasteiger partial charge in [0.15, 0.2) is 0 Å². The Morgan fingerprint density at radius 3 is 2.83 bits per heavy atom. The zero-order valence-electron chi connectivity index (χ0n) is 14.1. The normalized spacial score (nSPS) is 16.2. The maximum Gasteiger partial charge on any atom is 0.224 e. The first-order chi connectivity index (χ1) is 11.7. The molecule has 1 unspecified atom stereocenters. The van der Waals surface area contributed by atoms with Crippen molar-refractivity contribution in [1.82, 2.24) is 5.32 Å². The van der Waals surface area contributed by atoms with Crippen LogP contribution >= 0.6 is 0 Å². The Morgan fingerprint density at radius 2 is 2.08 bits per heavy atom. The Morgan fingerprint density at radius 1 is 1.29 bits per heavy atom. The standard InChI is InChI=1S/C20H25NO3/c1-24-17-10-9-14-7-4-8-16(18(14)12-17)11-20(23)21-13-19(22)15-5-2-3-6-15/h4,7-10,12,15,19,22H,2-3,5-6,11,13H2,1H3,(H,21,23). The summed E-state index contributed by atoms with van der Waals surface area (Å²) in [5.74, 6) is 1.07. The van der Waals surface area contributed by atoms with Gasteiger partial charge in [-0.2, -0.15) is 0 Å². The fraction of sp³-hybridized carbons (Fsp3) is 0.450. The SMILES string of the molecule is COc1ccc2cccc(CC(=O)NCC(O)C3CCCC3)c2c1. The summed E-state index contributed by atoms with van der Waals surface area (Å²) in [5, 5.41) is 15.2. The third kappa shape index (κ3) is 3.88. The summed E-state index contributed by atoms with van der Waals surface area (Å²) < 4.78 is 5.28. The summed E-state index contributed by atoms with van der Waals surface area (Å²) in [5.41, 5.74) is 0.972. The number of methoxy groups -OCH3 is 1. The highest BCUT2D eigenvalue weighted by Crippen LogP contribution is 2.27. The molecule has 0 aromatic heterocycles. The van der Waals surface area contributed by atoms with Crippen molar-refractivity contribution >= 4 is 16.7 Å². The minimum absolute atomic E-state index is 0.0534. The maximum atomic E-state index is 12.3. The van der Waals surface area contributed by atoms with Crippen molar-refractivity contribution in [3.05, 3.63) is 42.0 Å². The third-order valence-electron chi connectivity index (χ3n) is 4.98. The van der Waals surface area contributed by atoms with Gasteiger partial charge in [-0.15, -0.1) is 0 Å². The molecule has 24 heavy (non-hydrogen) atoms. The van der Waals surface area contributed by atoms with E-state index < -0.39 is 6.10 Å². The van der Waals surface area contributed by atoms with Crippen molar-refractivity contribution in [2.24, 2.45) is 5.92 Å². The third-order valence-corrected chi connectivity index (χ3v) is 4.98. The molecule has 0 saturated heterocycles. The van der Waals surface area contributed by atoms with Crippen molar-refractivity contribution in [1.29, 1.82) is 0 Å². The second-order valence-corrected chi connectivity index (χ2v) is 6.60. The Kier molecular flexibility index (Phi) is 5.36. The van der Waals surface area contributed by atoms with Gasteiger partial charge in [-0.1, -0.05) is 37.1 Å². The molecular weight excluding hydrogens is 302 g/mol. The van der Waals surface area contributed by atoms with Crippen LogP contribution in [0.1, 0.15) is 31.2 Å². The summed E-state index contributed by atoms with van der Waals surface area (Å²) in [6.45, 7) is 0.345. The number of ether oxygens (including phenoxy) is 1. The molecule has 1 atom stereocenters. The van der Waals surface area contributed by atoms with Gasteiger partial charge in [-0.25, -0.2) is 0 Å². The Hall–Kier alpha value is -2.07. The van der Waals surface area contributed by atoms with Crippen LogP contribution in [0, 0.1) is 5.92 Å². The lowest BCUT2D eigenvalue weighted by molar-refractivity contribution is -0.121. The lowest BCUT2D eigenvalue weighted by Gasteiger charge is -2.18. The van der Waals surface area contributed by atoms with E-state index in [1.807, 2.05) is 36.4 Å². The van der Waals surface area contributed by atoms with E-state index in [1.54, 1.807) is 7.11 Å². The quantitative estimate of drug-likeness (QED) is 0.857. The highest BCUT2D eigenvalue weighted by atomic mass is 16.5. The first-order valence-corrected chi connectivity index (χ1v) is 8.68. The van der Waals surface area contributed by atoms with E-state index in [4.69, 9.17) is 4.74 Å². The summed E-state index contributed by atoms with van der Waals surface area (Å²) in [4.78, 5) is 12.3. The van der Waals surface area contributed by atoms with E-state index in [9.17, 15) is 9.90 Å². The van der Waals surface area contributed by atoms with Crippen LogP contribution in [0.2, 0.25) is 0 Å². The average Bonchev–Trinajstić information content (AvgIpc) is 3.14. The second kappa shape index (κ2) is 7.67. The van der Waals surface area contributed by atoms with Crippen molar-refractivity contribution in [3.63, 3.8) is 0 Å². The van der Waals surface area contributed by atoms with Gasteiger partial charge in [-0.05, 0) is 47.2 Å². The Balaban J connectivity index is 1.64. The van der Waals surface area contributed by atoms with E-state index in [1.165, 1.54) is 12.8 Å². The van der Waals surface area contributed by atoms with Crippen LogP contribution in [-0.4, -0.2) is 30.8 Å². The predicted molar refractivity (Wildman–Crippen MR) is 95.2 cm³/mol. The topological polar surface area (TPSA) is 58.6 Å². The van der Waals surface area contributed by atoms with E-state index in [0.29, 0.717) is 18.9 Å². The van der Waals surface area contributed by atoms with Gasteiger partial charge in [0.25, 0.3) is 0 Å². The van der Waals surface area contributed by atoms with Crippen LogP contribution in [0.5, 0.6) is 5.75 Å². The van der Waals surface area contributed by atoms with Gasteiger partial charge < -0.3 is 15.2 Å². The maximum absolute atomic E-state index is 12.3. The summed E-state index contributed by atoms with van der Waals surface area (Å²) in [6.07, 6.45) is 4.40.